The molecule has 19 heteroatoms. The van der Waals surface area contributed by atoms with Gasteiger partial charge in [-0.1, -0.05) is 342 Å². The average Bonchev–Trinajstić information content (AvgIpc) is 2.75. The maximum Gasteiger partial charge on any atom is 0.472 e. The highest BCUT2D eigenvalue weighted by Crippen LogP contribution is 2.45. The van der Waals surface area contributed by atoms with Gasteiger partial charge in [0.15, 0.2) is 12.2 Å². The van der Waals surface area contributed by atoms with Gasteiger partial charge in [-0.05, 0) is 25.7 Å². The Morgan fingerprint density at radius 2 is 0.430 bits per heavy atom. The fourth-order valence-corrected chi connectivity index (χ4v) is 13.0. The van der Waals surface area contributed by atoms with E-state index in [1.54, 1.807) is 0 Å². The molecule has 0 aliphatic carbocycles. The summed E-state index contributed by atoms with van der Waals surface area (Å²) in [7, 11) is -9.89. The summed E-state index contributed by atoms with van der Waals surface area (Å²) in [5, 5.41) is 10.6. The van der Waals surface area contributed by atoms with Crippen molar-refractivity contribution in [3.05, 3.63) is 0 Å². The van der Waals surface area contributed by atoms with E-state index in [1.165, 1.54) is 218 Å². The SMILES string of the molecule is CCCCCCCCCCCCCCCCCCCCCCCC(=O)O[C@H](COC(=O)CCCCCCCCCCCCCCCC)COP(=O)(O)OC[C@@H](O)COP(=O)(O)OC[C@@H](COC(=O)CCCCCCC)OC(=O)CCCCCCCCCCCCCCC. The van der Waals surface area contributed by atoms with E-state index in [0.29, 0.717) is 25.7 Å². The molecule has 3 N–H and O–H groups in total. The molecular weight excluding hydrogens is 1220 g/mol. The summed E-state index contributed by atoms with van der Waals surface area (Å²) in [5.41, 5.74) is 0. The van der Waals surface area contributed by atoms with Crippen LogP contribution in [0.2, 0.25) is 0 Å². The third-order valence-electron chi connectivity index (χ3n) is 17.4. The lowest BCUT2D eigenvalue weighted by Gasteiger charge is -2.21. The number of esters is 4. The van der Waals surface area contributed by atoms with Gasteiger partial charge in [-0.15, -0.1) is 0 Å². The van der Waals surface area contributed by atoms with Gasteiger partial charge < -0.3 is 33.8 Å². The van der Waals surface area contributed by atoms with Crippen molar-refractivity contribution in [2.24, 2.45) is 0 Å². The summed E-state index contributed by atoms with van der Waals surface area (Å²) < 4.78 is 68.2. The highest BCUT2D eigenvalue weighted by molar-refractivity contribution is 7.47. The largest absolute Gasteiger partial charge is 0.472 e. The summed E-state index contributed by atoms with van der Waals surface area (Å²) in [4.78, 5) is 72.4. The molecule has 0 aromatic heterocycles. The Morgan fingerprint density at radius 3 is 0.634 bits per heavy atom. The summed E-state index contributed by atoms with van der Waals surface area (Å²) in [6.45, 7) is 4.89. The zero-order chi connectivity index (χ0) is 68.2. The molecular formula is C74H144O17P2. The van der Waals surface area contributed by atoms with Gasteiger partial charge in [0.25, 0.3) is 0 Å². The van der Waals surface area contributed by atoms with E-state index in [-0.39, 0.29) is 25.7 Å². The molecule has 0 aromatic carbocycles. The van der Waals surface area contributed by atoms with Crippen molar-refractivity contribution in [3.8, 4) is 0 Å². The zero-order valence-electron chi connectivity index (χ0n) is 60.2. The van der Waals surface area contributed by atoms with E-state index in [9.17, 15) is 43.2 Å². The molecule has 5 atom stereocenters. The number of phosphoric ester groups is 2. The first kappa shape index (κ1) is 91.1. The number of rotatable bonds is 75. The predicted molar refractivity (Wildman–Crippen MR) is 377 cm³/mol. The second kappa shape index (κ2) is 68.6. The monoisotopic (exact) mass is 1370 g/mol. The predicted octanol–water partition coefficient (Wildman–Crippen LogP) is 21.8. The number of hydrogen-bond donors (Lipinski definition) is 3. The fraction of sp³-hybridized carbons (Fsp3) is 0.946. The quantitative estimate of drug-likeness (QED) is 0.0222. The number of carbonyl (C=O) groups is 4. The highest BCUT2D eigenvalue weighted by Gasteiger charge is 2.30. The molecule has 0 bridgehead atoms. The molecule has 0 aliphatic heterocycles. The van der Waals surface area contributed by atoms with Crippen molar-refractivity contribution < 1.29 is 80.2 Å². The van der Waals surface area contributed by atoms with Crippen LogP contribution >= 0.6 is 15.6 Å². The fourth-order valence-electron chi connectivity index (χ4n) is 11.4. The van der Waals surface area contributed by atoms with Crippen LogP contribution in [-0.2, 0) is 65.4 Å². The van der Waals surface area contributed by atoms with E-state index < -0.39 is 97.5 Å². The molecule has 0 rings (SSSR count). The molecule has 0 amide bonds. The maximum absolute atomic E-state index is 13.1. The van der Waals surface area contributed by atoms with Crippen LogP contribution in [0.15, 0.2) is 0 Å². The molecule has 93 heavy (non-hydrogen) atoms. The third kappa shape index (κ3) is 68.4. The van der Waals surface area contributed by atoms with Crippen LogP contribution in [0.4, 0.5) is 0 Å². The normalized spacial score (nSPS) is 13.9. The van der Waals surface area contributed by atoms with Gasteiger partial charge in [-0.25, -0.2) is 9.13 Å². The molecule has 0 saturated heterocycles. The number of unbranched alkanes of at least 4 members (excludes halogenated alkanes) is 49. The number of aliphatic hydroxyl groups excluding tert-OH is 1. The first-order valence-corrected chi connectivity index (χ1v) is 41.8. The molecule has 0 radical (unpaired) electrons. The minimum atomic E-state index is -4.95. The lowest BCUT2D eigenvalue weighted by atomic mass is 10.0. The lowest BCUT2D eigenvalue weighted by Crippen LogP contribution is -2.30. The molecule has 0 spiro atoms. The Morgan fingerprint density at radius 1 is 0.258 bits per heavy atom. The number of hydrogen-bond acceptors (Lipinski definition) is 15. The standard InChI is InChI=1S/C74H144O17P2/c1-5-9-13-17-20-23-26-29-31-32-33-34-35-36-37-40-43-46-49-53-57-61-74(79)91-70(65-85-72(77)59-55-51-47-44-41-39-30-27-24-21-18-14-10-6-2)67-89-93(82,83)87-63-68(75)62-86-92(80,81)88-66-69(64-84-71(76)58-54-50-16-12-8-4)90-73(78)60-56-52-48-45-42-38-28-25-22-19-15-11-7-3/h68-70,75H,5-67H2,1-4H3,(H,80,81)(H,82,83)/t68-,69+,70+/m0/s1. The molecule has 0 fully saturated rings. The van der Waals surface area contributed by atoms with Crippen LogP contribution in [0.3, 0.4) is 0 Å². The molecule has 552 valence electrons. The maximum atomic E-state index is 13.1. The molecule has 0 saturated carbocycles. The Labute approximate surface area is 568 Å². The van der Waals surface area contributed by atoms with E-state index in [2.05, 4.69) is 27.7 Å². The first-order valence-electron chi connectivity index (χ1n) is 38.8. The Balaban J connectivity index is 5.11. The minimum Gasteiger partial charge on any atom is -0.462 e. The van der Waals surface area contributed by atoms with Crippen molar-refractivity contribution in [3.63, 3.8) is 0 Å². The highest BCUT2D eigenvalue weighted by atomic mass is 31.2. The Bertz CT molecular complexity index is 1770. The smallest absolute Gasteiger partial charge is 0.462 e. The van der Waals surface area contributed by atoms with Gasteiger partial charge in [0.1, 0.15) is 19.3 Å². The summed E-state index contributed by atoms with van der Waals surface area (Å²) >= 11 is 0. The van der Waals surface area contributed by atoms with E-state index >= 15 is 0 Å². The van der Waals surface area contributed by atoms with E-state index in [4.69, 9.17) is 37.0 Å². The number of carbonyl (C=O) groups excluding carboxylic acids is 4. The second-order valence-corrected chi connectivity index (χ2v) is 29.6. The molecule has 0 heterocycles. The van der Waals surface area contributed by atoms with Gasteiger partial charge in [0.2, 0.25) is 0 Å². The van der Waals surface area contributed by atoms with Gasteiger partial charge in [-0.2, -0.15) is 0 Å². The van der Waals surface area contributed by atoms with Crippen molar-refractivity contribution in [2.45, 2.75) is 412 Å². The lowest BCUT2D eigenvalue weighted by molar-refractivity contribution is -0.161. The van der Waals surface area contributed by atoms with E-state index in [0.717, 1.165) is 96.3 Å². The second-order valence-electron chi connectivity index (χ2n) is 26.7. The van der Waals surface area contributed by atoms with Crippen LogP contribution in [0.1, 0.15) is 394 Å². The van der Waals surface area contributed by atoms with Crippen molar-refractivity contribution in [2.75, 3.05) is 39.6 Å². The number of aliphatic hydroxyl groups is 1. The van der Waals surface area contributed by atoms with Gasteiger partial charge in [-0.3, -0.25) is 37.3 Å². The summed E-state index contributed by atoms with van der Waals surface area (Å²) in [5.74, 6) is -2.13. The van der Waals surface area contributed by atoms with Crippen LogP contribution in [-0.4, -0.2) is 96.7 Å². The molecule has 2 unspecified atom stereocenters. The number of ether oxygens (including phenoxy) is 4. The summed E-state index contributed by atoms with van der Waals surface area (Å²) in [6.07, 6.45) is 58.7. The summed E-state index contributed by atoms with van der Waals surface area (Å²) in [6, 6.07) is 0. The molecule has 0 aliphatic rings. The van der Waals surface area contributed by atoms with Crippen LogP contribution in [0, 0.1) is 0 Å². The molecule has 17 nitrogen and oxygen atoms in total. The van der Waals surface area contributed by atoms with Crippen LogP contribution in [0.5, 0.6) is 0 Å². The van der Waals surface area contributed by atoms with E-state index in [1.807, 2.05) is 0 Å². The topological polar surface area (TPSA) is 237 Å². The molecule has 0 aromatic rings. The van der Waals surface area contributed by atoms with Gasteiger partial charge in [0.05, 0.1) is 26.4 Å². The first-order chi connectivity index (χ1) is 45.2. The van der Waals surface area contributed by atoms with Crippen molar-refractivity contribution in [1.82, 2.24) is 0 Å². The number of phosphoric acid groups is 2. The Kier molecular flexibility index (Phi) is 67.1. The van der Waals surface area contributed by atoms with Gasteiger partial charge in [0, 0.05) is 25.7 Å². The minimum absolute atomic E-state index is 0.107. The third-order valence-corrected chi connectivity index (χ3v) is 19.3. The average molecular weight is 1370 g/mol. The Hall–Kier alpha value is -1.94. The van der Waals surface area contributed by atoms with Crippen LogP contribution in [0.25, 0.3) is 0 Å². The zero-order valence-corrected chi connectivity index (χ0v) is 62.0. The van der Waals surface area contributed by atoms with Crippen LogP contribution < -0.4 is 0 Å². The van der Waals surface area contributed by atoms with Gasteiger partial charge >= 0.3 is 39.5 Å². The van der Waals surface area contributed by atoms with Crippen molar-refractivity contribution in [1.29, 1.82) is 0 Å². The van der Waals surface area contributed by atoms with Crippen molar-refractivity contribution >= 4 is 39.5 Å².